The third-order valence-electron chi connectivity index (χ3n) is 7.42. The molecule has 2 aromatic heterocycles. The van der Waals surface area contributed by atoms with Crippen LogP contribution in [-0.2, 0) is 28.0 Å². The van der Waals surface area contributed by atoms with Crippen LogP contribution in [0.1, 0.15) is 45.7 Å². The van der Waals surface area contributed by atoms with Gasteiger partial charge in [0.05, 0.1) is 11.4 Å². The molecule has 2 heterocycles. The van der Waals surface area contributed by atoms with E-state index in [1.54, 1.807) is 10.7 Å². The molecule has 3 aromatic carbocycles. The van der Waals surface area contributed by atoms with Crippen LogP contribution in [0.4, 0.5) is 4.39 Å². The van der Waals surface area contributed by atoms with E-state index >= 15 is 0 Å². The van der Waals surface area contributed by atoms with Crippen molar-refractivity contribution in [1.82, 2.24) is 14.8 Å². The number of thiol groups is 1. The largest absolute Gasteiger partial charge is 0.870 e. The molecule has 0 amide bonds. The quantitative estimate of drug-likeness (QED) is 0.135. The first-order chi connectivity index (χ1) is 20.2. The fraction of sp³-hybridized carbons (Fsp3) is 0.194. The number of halogens is 2. The average Bonchev–Trinajstić information content (AvgIpc) is 3.52. The van der Waals surface area contributed by atoms with Crippen LogP contribution in [0, 0.1) is 18.7 Å². The SMILES string of the molecule is Cc1cc(-c2cccc(-c3nn(-c4nc(C(=O)O)cs4)c(CC4CC4)c3Cc3ccc([SH+](N)=O)c(F)c3)c2)ccc1Cl.[OH-]. The Bertz CT molecular complexity index is 1870. The van der Waals surface area contributed by atoms with Crippen molar-refractivity contribution < 1.29 is 24.0 Å². The van der Waals surface area contributed by atoms with Crippen molar-refractivity contribution in [2.75, 3.05) is 0 Å². The zero-order valence-corrected chi connectivity index (χ0v) is 25.5. The second-order valence-electron chi connectivity index (χ2n) is 10.5. The number of hydrogen-bond acceptors (Lipinski definition) is 6. The predicted octanol–water partition coefficient (Wildman–Crippen LogP) is 6.76. The van der Waals surface area contributed by atoms with Crippen LogP contribution in [0.2, 0.25) is 5.02 Å². The molecule has 1 aliphatic carbocycles. The number of benzene rings is 3. The van der Waals surface area contributed by atoms with Gasteiger partial charge in [-0.05, 0) is 84.7 Å². The van der Waals surface area contributed by atoms with E-state index in [0.29, 0.717) is 33.8 Å². The Labute approximate surface area is 258 Å². The lowest BCUT2D eigenvalue weighted by Gasteiger charge is -2.10. The summed E-state index contributed by atoms with van der Waals surface area (Å²) < 4.78 is 28.4. The van der Waals surface area contributed by atoms with Crippen molar-refractivity contribution in [1.29, 1.82) is 0 Å². The summed E-state index contributed by atoms with van der Waals surface area (Å²) in [6.45, 7) is 1.96. The van der Waals surface area contributed by atoms with Gasteiger partial charge in [-0.15, -0.1) is 16.5 Å². The summed E-state index contributed by atoms with van der Waals surface area (Å²) in [5, 5.41) is 22.7. The summed E-state index contributed by atoms with van der Waals surface area (Å²) >= 11 is 7.49. The van der Waals surface area contributed by atoms with Crippen molar-refractivity contribution >= 4 is 39.9 Å². The van der Waals surface area contributed by atoms with E-state index < -0.39 is 22.8 Å². The first-order valence-electron chi connectivity index (χ1n) is 13.3. The molecule has 12 heteroatoms. The topological polar surface area (TPSA) is 141 Å². The molecule has 0 bridgehead atoms. The molecule has 0 saturated heterocycles. The minimum Gasteiger partial charge on any atom is -0.870 e. The molecule has 0 spiro atoms. The molecule has 8 nitrogen and oxygen atoms in total. The number of carbonyl (C=O) groups is 1. The molecule has 222 valence electrons. The second kappa shape index (κ2) is 12.5. The number of thiazole rings is 1. The van der Waals surface area contributed by atoms with Crippen LogP contribution < -0.4 is 5.14 Å². The molecule has 5 aromatic rings. The van der Waals surface area contributed by atoms with Gasteiger partial charge < -0.3 is 10.6 Å². The first kappa shape index (κ1) is 30.7. The monoisotopic (exact) mass is 638 g/mol. The number of carboxylic acid groups (broad SMARTS) is 1. The third-order valence-corrected chi connectivity index (χ3v) is 9.50. The van der Waals surface area contributed by atoms with Crippen LogP contribution in [-0.4, -0.2) is 31.3 Å². The molecular formula is C31H28ClFN4O4S2. The second-order valence-corrected chi connectivity index (χ2v) is 12.9. The van der Waals surface area contributed by atoms with E-state index in [2.05, 4.69) is 11.1 Å². The molecule has 1 saturated carbocycles. The number of hydrogen-bond donors (Lipinski definition) is 2. The Morgan fingerprint density at radius 1 is 1.14 bits per heavy atom. The van der Waals surface area contributed by atoms with Gasteiger partial charge in [0.2, 0.25) is 10.0 Å². The maximum Gasteiger partial charge on any atom is 0.355 e. The Hall–Kier alpha value is -3.74. The average molecular weight is 639 g/mol. The fourth-order valence-corrected chi connectivity index (χ4v) is 6.43. The van der Waals surface area contributed by atoms with E-state index in [9.17, 15) is 18.5 Å². The Balaban J connectivity index is 0.00000368. The molecule has 1 atom stereocenters. The van der Waals surface area contributed by atoms with Gasteiger partial charge in [-0.25, -0.2) is 18.9 Å². The lowest BCUT2D eigenvalue weighted by Crippen LogP contribution is -2.07. The van der Waals surface area contributed by atoms with Gasteiger partial charge in [0.25, 0.3) is 0 Å². The number of aromatic carboxylic acids is 1. The third kappa shape index (κ3) is 6.46. The van der Waals surface area contributed by atoms with Crippen molar-refractivity contribution in [3.63, 3.8) is 0 Å². The standard InChI is InChI=1S/C31H26ClFN4O3S2.H2O/c1-17-11-21(8-9-24(17)32)20-3-2-4-22(15-20)29-23(12-19-7-10-28(42(34)40)25(33)13-19)27(14-18-5-6-18)37(36-29)31-35-26(16-41-31)30(38)39;/h2-4,7-11,13,15-16,18H,5-6,12,14H2,1H3,(H2,34,40)(H,38,39);1H2. The molecule has 43 heavy (non-hydrogen) atoms. The Kier molecular flexibility index (Phi) is 8.91. The normalized spacial score (nSPS) is 13.5. The van der Waals surface area contributed by atoms with Gasteiger partial charge in [-0.3, -0.25) is 0 Å². The summed E-state index contributed by atoms with van der Waals surface area (Å²) in [5.74, 6) is -1.23. The maximum absolute atomic E-state index is 14.8. The number of aryl methyl sites for hydroxylation is 1. The highest BCUT2D eigenvalue weighted by Crippen LogP contribution is 2.39. The van der Waals surface area contributed by atoms with Crippen LogP contribution >= 0.6 is 22.9 Å². The number of nitrogens with two attached hydrogens (primary N) is 1. The van der Waals surface area contributed by atoms with E-state index in [4.69, 9.17) is 21.8 Å². The molecule has 1 fully saturated rings. The van der Waals surface area contributed by atoms with E-state index in [0.717, 1.165) is 52.8 Å². The van der Waals surface area contributed by atoms with Crippen molar-refractivity contribution in [3.05, 3.63) is 105 Å². The molecule has 1 aliphatic rings. The summed E-state index contributed by atoms with van der Waals surface area (Å²) in [6.07, 6.45) is 3.28. The lowest BCUT2D eigenvalue weighted by atomic mass is 9.95. The summed E-state index contributed by atoms with van der Waals surface area (Å²) in [6, 6.07) is 18.5. The highest BCUT2D eigenvalue weighted by Gasteiger charge is 2.29. The fourth-order valence-electron chi connectivity index (χ4n) is 5.04. The first-order valence-corrected chi connectivity index (χ1v) is 15.9. The zero-order valence-electron chi connectivity index (χ0n) is 23.0. The maximum atomic E-state index is 14.8. The van der Waals surface area contributed by atoms with Crippen molar-refractivity contribution in [2.24, 2.45) is 11.1 Å². The van der Waals surface area contributed by atoms with Crippen LogP contribution in [0.3, 0.4) is 0 Å². The van der Waals surface area contributed by atoms with E-state index in [1.807, 2.05) is 43.3 Å². The molecule has 0 radical (unpaired) electrons. The van der Waals surface area contributed by atoms with Gasteiger partial charge in [0.1, 0.15) is 0 Å². The summed E-state index contributed by atoms with van der Waals surface area (Å²) in [5.41, 5.74) is 7.00. The summed E-state index contributed by atoms with van der Waals surface area (Å²) in [7, 11) is -2.30. The highest BCUT2D eigenvalue weighted by molar-refractivity contribution is 7.82. The molecule has 0 aliphatic heterocycles. The van der Waals surface area contributed by atoms with Gasteiger partial charge in [-0.1, -0.05) is 46.1 Å². The minimum absolute atomic E-state index is 0. The van der Waals surface area contributed by atoms with E-state index in [1.165, 1.54) is 28.8 Å². The highest BCUT2D eigenvalue weighted by atomic mass is 35.5. The zero-order chi connectivity index (χ0) is 29.5. The smallest absolute Gasteiger partial charge is 0.355 e. The summed E-state index contributed by atoms with van der Waals surface area (Å²) in [4.78, 5) is 16.0. The molecule has 4 N–H and O–H groups in total. The van der Waals surface area contributed by atoms with Gasteiger partial charge in [-0.2, -0.15) is 5.10 Å². The number of aromatic nitrogens is 3. The van der Waals surface area contributed by atoms with Crippen molar-refractivity contribution in [3.8, 4) is 27.5 Å². The van der Waals surface area contributed by atoms with E-state index in [-0.39, 0.29) is 16.1 Å². The minimum atomic E-state index is -2.30. The molecular weight excluding hydrogens is 611 g/mol. The van der Waals surface area contributed by atoms with Gasteiger partial charge in [0, 0.05) is 28.0 Å². The molecule has 1 unspecified atom stereocenters. The van der Waals surface area contributed by atoms with Gasteiger partial charge in [0.15, 0.2) is 22.5 Å². The number of rotatable bonds is 9. The van der Waals surface area contributed by atoms with Crippen LogP contribution in [0.15, 0.2) is 70.9 Å². The number of nitrogens with zero attached hydrogens (tertiary/aromatic N) is 3. The Morgan fingerprint density at radius 3 is 2.53 bits per heavy atom. The van der Waals surface area contributed by atoms with Crippen molar-refractivity contribution in [2.45, 2.75) is 37.5 Å². The van der Waals surface area contributed by atoms with Crippen LogP contribution in [0.25, 0.3) is 27.5 Å². The lowest BCUT2D eigenvalue weighted by molar-refractivity contribution is 0.0691. The number of carboxylic acids is 1. The predicted molar refractivity (Wildman–Crippen MR) is 166 cm³/mol. The molecule has 6 rings (SSSR count). The Morgan fingerprint density at radius 2 is 1.88 bits per heavy atom. The van der Waals surface area contributed by atoms with Gasteiger partial charge >= 0.3 is 5.97 Å². The van der Waals surface area contributed by atoms with Crippen LogP contribution in [0.5, 0.6) is 0 Å².